The largest absolute Gasteiger partial charge is 0.488 e. The average molecular weight is 407 g/mol. The molecule has 0 aliphatic carbocycles. The van der Waals surface area contributed by atoms with Gasteiger partial charge in [0.05, 0.1) is 11.4 Å². The summed E-state index contributed by atoms with van der Waals surface area (Å²) < 4.78 is 6.10. The number of ether oxygens (including phenoxy) is 1. The number of rotatable bonds is 7. The number of pyridine rings is 1. The van der Waals surface area contributed by atoms with Crippen molar-refractivity contribution in [1.29, 1.82) is 0 Å². The van der Waals surface area contributed by atoms with E-state index >= 15 is 0 Å². The van der Waals surface area contributed by atoms with Gasteiger partial charge in [0, 0.05) is 17.2 Å². The van der Waals surface area contributed by atoms with Crippen molar-refractivity contribution in [1.82, 2.24) is 4.98 Å². The van der Waals surface area contributed by atoms with E-state index in [2.05, 4.69) is 0 Å². The van der Waals surface area contributed by atoms with Crippen molar-refractivity contribution < 1.29 is 14.6 Å². The lowest BCUT2D eigenvalue weighted by atomic mass is 10.0. The summed E-state index contributed by atoms with van der Waals surface area (Å²) >= 11 is 0. The fraction of sp³-hybridized carbons (Fsp3) is 0.0370. The summed E-state index contributed by atoms with van der Waals surface area (Å²) in [6, 6.07) is 31.3. The van der Waals surface area contributed by atoms with Gasteiger partial charge in [0.15, 0.2) is 0 Å². The molecule has 4 rings (SSSR count). The molecule has 0 saturated carbocycles. The molecular formula is C27H21NO3. The number of aromatic nitrogens is 1. The molecular weight excluding hydrogens is 386 g/mol. The van der Waals surface area contributed by atoms with Gasteiger partial charge in [0.25, 0.3) is 0 Å². The number of carboxylic acid groups (broad SMARTS) is 1. The highest BCUT2D eigenvalue weighted by molar-refractivity contribution is 5.87. The molecule has 152 valence electrons. The van der Waals surface area contributed by atoms with Crippen LogP contribution in [0, 0.1) is 0 Å². The van der Waals surface area contributed by atoms with Crippen molar-refractivity contribution in [2.45, 2.75) is 6.61 Å². The van der Waals surface area contributed by atoms with E-state index in [4.69, 9.17) is 14.8 Å². The lowest BCUT2D eigenvalue weighted by Crippen LogP contribution is -1.98. The third-order valence-corrected chi connectivity index (χ3v) is 4.79. The summed E-state index contributed by atoms with van der Waals surface area (Å²) in [6.07, 6.45) is 2.72. The van der Waals surface area contributed by atoms with Crippen LogP contribution >= 0.6 is 0 Å². The summed E-state index contributed by atoms with van der Waals surface area (Å²) in [5.74, 6) is -0.226. The highest BCUT2D eigenvalue weighted by atomic mass is 16.5. The van der Waals surface area contributed by atoms with Crippen LogP contribution in [0.15, 0.2) is 103 Å². The monoisotopic (exact) mass is 407 g/mol. The summed E-state index contributed by atoms with van der Waals surface area (Å²) in [7, 11) is 0. The van der Waals surface area contributed by atoms with Crippen molar-refractivity contribution in [2.75, 3.05) is 0 Å². The maximum atomic E-state index is 10.9. The Labute approximate surface area is 181 Å². The number of carbonyl (C=O) groups is 1. The van der Waals surface area contributed by atoms with E-state index in [-0.39, 0.29) is 0 Å². The number of hydrogen-bond donors (Lipinski definition) is 1. The number of hydrogen-bond acceptors (Lipinski definition) is 3. The van der Waals surface area contributed by atoms with Crippen molar-refractivity contribution in [2.24, 2.45) is 0 Å². The smallest absolute Gasteiger partial charge is 0.328 e. The molecule has 0 atom stereocenters. The van der Waals surface area contributed by atoms with Gasteiger partial charge in [-0.1, -0.05) is 72.8 Å². The second-order valence-corrected chi connectivity index (χ2v) is 6.94. The second kappa shape index (κ2) is 9.55. The van der Waals surface area contributed by atoms with E-state index in [1.54, 1.807) is 6.08 Å². The topological polar surface area (TPSA) is 59.4 Å². The fourth-order valence-electron chi connectivity index (χ4n) is 3.31. The van der Waals surface area contributed by atoms with Gasteiger partial charge < -0.3 is 9.84 Å². The molecule has 31 heavy (non-hydrogen) atoms. The molecule has 0 bridgehead atoms. The molecule has 3 aromatic carbocycles. The van der Waals surface area contributed by atoms with Gasteiger partial charge in [-0.3, -0.25) is 0 Å². The molecule has 0 spiro atoms. The maximum absolute atomic E-state index is 10.9. The Balaban J connectivity index is 1.67. The highest BCUT2D eigenvalue weighted by Gasteiger charge is 2.10. The standard InChI is InChI=1S/C27H21NO3/c29-27(30)18-17-21-11-4-5-12-22(21)24-14-8-15-25(28-24)23-13-6-7-16-26(23)31-19-20-9-2-1-3-10-20/h1-18H,19H2,(H,29,30)/b18-17-. The average Bonchev–Trinajstić information content (AvgIpc) is 2.82. The molecule has 4 heteroatoms. The third kappa shape index (κ3) is 5.06. The SMILES string of the molecule is O=C(O)/C=C\c1ccccc1-c1cccc(-c2ccccc2OCc2ccccc2)n1. The van der Waals surface area contributed by atoms with Crippen LogP contribution in [0.2, 0.25) is 0 Å². The number of aliphatic carboxylic acids is 1. The van der Waals surface area contributed by atoms with Gasteiger partial charge in [0.2, 0.25) is 0 Å². The number of nitrogens with zero attached hydrogens (tertiary/aromatic N) is 1. The molecule has 1 N–H and O–H groups in total. The zero-order chi connectivity index (χ0) is 21.5. The van der Waals surface area contributed by atoms with Crippen molar-refractivity contribution in [3.05, 3.63) is 114 Å². The zero-order valence-corrected chi connectivity index (χ0v) is 16.8. The van der Waals surface area contributed by atoms with E-state index in [9.17, 15) is 4.79 Å². The van der Waals surface area contributed by atoms with Gasteiger partial charge in [-0.15, -0.1) is 0 Å². The third-order valence-electron chi connectivity index (χ3n) is 4.79. The molecule has 0 unspecified atom stereocenters. The second-order valence-electron chi connectivity index (χ2n) is 6.94. The van der Waals surface area contributed by atoms with Crippen molar-refractivity contribution in [3.63, 3.8) is 0 Å². The van der Waals surface area contributed by atoms with Crippen LogP contribution in [-0.2, 0) is 11.4 Å². The predicted octanol–water partition coefficient (Wildman–Crippen LogP) is 6.09. The molecule has 0 fully saturated rings. The first-order chi connectivity index (χ1) is 15.2. The zero-order valence-electron chi connectivity index (χ0n) is 16.8. The quantitative estimate of drug-likeness (QED) is 0.377. The molecule has 1 heterocycles. The molecule has 0 radical (unpaired) electrons. The number of benzene rings is 3. The van der Waals surface area contributed by atoms with Crippen LogP contribution in [0.25, 0.3) is 28.6 Å². The lowest BCUT2D eigenvalue weighted by molar-refractivity contribution is -0.131. The first kappa shape index (κ1) is 20.1. The first-order valence-corrected chi connectivity index (χ1v) is 9.94. The van der Waals surface area contributed by atoms with Gasteiger partial charge >= 0.3 is 5.97 Å². The molecule has 1 aromatic heterocycles. The Morgan fingerprint density at radius 2 is 1.42 bits per heavy atom. The predicted molar refractivity (Wildman–Crippen MR) is 123 cm³/mol. The van der Waals surface area contributed by atoms with Crippen LogP contribution < -0.4 is 4.74 Å². The summed E-state index contributed by atoms with van der Waals surface area (Å²) in [5, 5.41) is 8.98. The van der Waals surface area contributed by atoms with Crippen LogP contribution in [0.1, 0.15) is 11.1 Å². The summed E-state index contributed by atoms with van der Waals surface area (Å²) in [5.41, 5.74) is 5.21. The molecule has 4 nitrogen and oxygen atoms in total. The number of para-hydroxylation sites is 1. The Kier molecular flexibility index (Phi) is 6.19. The van der Waals surface area contributed by atoms with Gasteiger partial charge in [-0.2, -0.15) is 0 Å². The molecule has 0 aliphatic rings. The Hall–Kier alpha value is -4.18. The van der Waals surface area contributed by atoms with Crippen molar-refractivity contribution >= 4 is 12.0 Å². The molecule has 0 saturated heterocycles. The summed E-state index contributed by atoms with van der Waals surface area (Å²) in [6.45, 7) is 0.473. The Bertz CT molecular complexity index is 1220. The van der Waals surface area contributed by atoms with E-state index in [0.717, 1.165) is 45.5 Å². The molecule has 4 aromatic rings. The van der Waals surface area contributed by atoms with Crippen LogP contribution in [0.5, 0.6) is 5.75 Å². The lowest BCUT2D eigenvalue weighted by Gasteiger charge is -2.13. The van der Waals surface area contributed by atoms with Crippen LogP contribution in [-0.4, -0.2) is 16.1 Å². The van der Waals surface area contributed by atoms with Crippen molar-refractivity contribution in [3.8, 4) is 28.3 Å². The molecule has 0 amide bonds. The van der Waals surface area contributed by atoms with E-state index in [1.807, 2.05) is 97.1 Å². The maximum Gasteiger partial charge on any atom is 0.328 e. The summed E-state index contributed by atoms with van der Waals surface area (Å²) in [4.78, 5) is 15.8. The minimum atomic E-state index is -0.985. The highest BCUT2D eigenvalue weighted by Crippen LogP contribution is 2.31. The van der Waals surface area contributed by atoms with Gasteiger partial charge in [-0.05, 0) is 41.5 Å². The Morgan fingerprint density at radius 3 is 2.19 bits per heavy atom. The fourth-order valence-corrected chi connectivity index (χ4v) is 3.31. The Morgan fingerprint density at radius 1 is 0.774 bits per heavy atom. The first-order valence-electron chi connectivity index (χ1n) is 9.94. The number of carboxylic acids is 1. The van der Waals surface area contributed by atoms with E-state index in [0.29, 0.717) is 6.61 Å². The minimum Gasteiger partial charge on any atom is -0.488 e. The van der Waals surface area contributed by atoms with E-state index < -0.39 is 5.97 Å². The van der Waals surface area contributed by atoms with Gasteiger partial charge in [-0.25, -0.2) is 9.78 Å². The molecule has 0 aliphatic heterocycles. The van der Waals surface area contributed by atoms with E-state index in [1.165, 1.54) is 0 Å². The van der Waals surface area contributed by atoms with Crippen LogP contribution in [0.3, 0.4) is 0 Å². The van der Waals surface area contributed by atoms with Gasteiger partial charge in [0.1, 0.15) is 12.4 Å². The normalized spacial score (nSPS) is 10.8. The minimum absolute atomic E-state index is 0.473. The van der Waals surface area contributed by atoms with Crippen LogP contribution in [0.4, 0.5) is 0 Å².